The number of rotatable bonds is 3. The zero-order valence-electron chi connectivity index (χ0n) is 9.49. The molecular weight excluding hydrogens is 268 g/mol. The van der Waals surface area contributed by atoms with Crippen LogP contribution < -0.4 is 11.3 Å². The maximum atomic E-state index is 11.4. The van der Waals surface area contributed by atoms with E-state index < -0.39 is 10.5 Å². The number of nitrogens with two attached hydrogens (primary N) is 1. The molecule has 0 saturated heterocycles. The second kappa shape index (κ2) is 4.94. The molecule has 0 radical (unpaired) electrons. The van der Waals surface area contributed by atoms with Crippen molar-refractivity contribution in [2.45, 2.75) is 0 Å². The van der Waals surface area contributed by atoms with E-state index in [4.69, 9.17) is 18.0 Å². The van der Waals surface area contributed by atoms with Crippen LogP contribution in [-0.2, 0) is 0 Å². The van der Waals surface area contributed by atoms with Crippen LogP contribution in [0, 0.1) is 10.1 Å². The summed E-state index contributed by atoms with van der Waals surface area (Å²) in [6.45, 7) is 0. The molecular formula is C11H8N4O3S. The normalized spacial score (nSPS) is 10.1. The minimum absolute atomic E-state index is 0.0252. The number of nitro groups is 1. The Balaban J connectivity index is 2.47. The van der Waals surface area contributed by atoms with Gasteiger partial charge in [-0.15, -0.1) is 0 Å². The predicted molar refractivity (Wildman–Crippen MR) is 72.8 cm³/mol. The number of nitro benzene ring substituents is 1. The molecule has 0 aliphatic carbocycles. The van der Waals surface area contributed by atoms with E-state index in [0.717, 1.165) is 0 Å². The lowest BCUT2D eigenvalue weighted by Gasteiger charge is -2.02. The van der Waals surface area contributed by atoms with Crippen LogP contribution in [0.3, 0.4) is 0 Å². The number of non-ortho nitro benzene ring substituents is 1. The van der Waals surface area contributed by atoms with Crippen molar-refractivity contribution in [3.05, 3.63) is 56.4 Å². The van der Waals surface area contributed by atoms with E-state index in [1.807, 2.05) is 0 Å². The fraction of sp³-hybridized carbons (Fsp3) is 0. The number of H-pyrrole nitrogens is 1. The van der Waals surface area contributed by atoms with Crippen LogP contribution in [0.1, 0.15) is 5.56 Å². The molecule has 0 aliphatic heterocycles. The molecule has 96 valence electrons. The Hall–Kier alpha value is -2.61. The van der Waals surface area contributed by atoms with Gasteiger partial charge in [-0.1, -0.05) is 12.2 Å². The van der Waals surface area contributed by atoms with Crippen molar-refractivity contribution >= 4 is 22.9 Å². The van der Waals surface area contributed by atoms with Crippen LogP contribution in [-0.4, -0.2) is 20.1 Å². The van der Waals surface area contributed by atoms with E-state index in [2.05, 4.69) is 10.2 Å². The third-order valence-electron chi connectivity index (χ3n) is 2.44. The van der Waals surface area contributed by atoms with E-state index in [0.29, 0.717) is 11.3 Å². The first-order valence-electron chi connectivity index (χ1n) is 5.13. The average Bonchev–Trinajstić information content (AvgIpc) is 2.39. The summed E-state index contributed by atoms with van der Waals surface area (Å²) in [5.41, 5.74) is 6.11. The van der Waals surface area contributed by atoms with Crippen molar-refractivity contribution in [3.8, 4) is 11.3 Å². The van der Waals surface area contributed by atoms with Gasteiger partial charge in [0.05, 0.1) is 16.2 Å². The van der Waals surface area contributed by atoms with Crippen molar-refractivity contribution in [2.75, 3.05) is 0 Å². The first-order chi connectivity index (χ1) is 8.99. The van der Waals surface area contributed by atoms with Gasteiger partial charge in [0.15, 0.2) is 0 Å². The quantitative estimate of drug-likeness (QED) is 0.490. The van der Waals surface area contributed by atoms with Crippen molar-refractivity contribution < 1.29 is 4.92 Å². The zero-order valence-corrected chi connectivity index (χ0v) is 10.3. The number of aromatic nitrogens is 2. The van der Waals surface area contributed by atoms with Gasteiger partial charge in [-0.25, -0.2) is 5.10 Å². The first-order valence-corrected chi connectivity index (χ1v) is 5.54. The number of hydrogen-bond donors (Lipinski definition) is 2. The lowest BCUT2D eigenvalue weighted by atomic mass is 10.1. The molecule has 2 rings (SSSR count). The van der Waals surface area contributed by atoms with E-state index in [1.165, 1.54) is 30.3 Å². The predicted octanol–water partition coefficient (Wildman–Crippen LogP) is 0.979. The van der Waals surface area contributed by atoms with Gasteiger partial charge in [-0.2, -0.15) is 5.10 Å². The van der Waals surface area contributed by atoms with Gasteiger partial charge < -0.3 is 5.73 Å². The number of nitrogens with one attached hydrogen (secondary N) is 1. The summed E-state index contributed by atoms with van der Waals surface area (Å²) in [7, 11) is 0. The second-order valence-electron chi connectivity index (χ2n) is 3.66. The third kappa shape index (κ3) is 2.63. The summed E-state index contributed by atoms with van der Waals surface area (Å²) >= 11 is 4.75. The van der Waals surface area contributed by atoms with Crippen LogP contribution in [0.4, 0.5) is 5.69 Å². The standard InChI is InChI=1S/C11H8N4O3S/c12-10(19)8-5-9(13-14-11(8)16)6-1-3-7(4-2-6)15(17)18/h1-5H,(H2,12,19)(H,14,16). The fourth-order valence-corrected chi connectivity index (χ4v) is 1.64. The van der Waals surface area contributed by atoms with Crippen molar-refractivity contribution in [1.82, 2.24) is 10.2 Å². The Morgan fingerprint density at radius 1 is 1.37 bits per heavy atom. The smallest absolute Gasteiger partial charge is 0.274 e. The molecule has 0 aliphatic rings. The van der Waals surface area contributed by atoms with E-state index >= 15 is 0 Å². The molecule has 0 spiro atoms. The third-order valence-corrected chi connectivity index (χ3v) is 2.66. The highest BCUT2D eigenvalue weighted by Crippen LogP contribution is 2.20. The molecule has 7 nitrogen and oxygen atoms in total. The highest BCUT2D eigenvalue weighted by molar-refractivity contribution is 7.80. The zero-order chi connectivity index (χ0) is 14.0. The highest BCUT2D eigenvalue weighted by atomic mass is 32.1. The van der Waals surface area contributed by atoms with Crippen LogP contribution in [0.2, 0.25) is 0 Å². The molecule has 3 N–H and O–H groups in total. The molecule has 0 amide bonds. The van der Waals surface area contributed by atoms with Crippen LogP contribution >= 0.6 is 12.2 Å². The minimum atomic E-state index is -0.496. The van der Waals surface area contributed by atoms with E-state index in [9.17, 15) is 14.9 Å². The number of hydrogen-bond acceptors (Lipinski definition) is 5. The molecule has 19 heavy (non-hydrogen) atoms. The van der Waals surface area contributed by atoms with Gasteiger partial charge in [-0.3, -0.25) is 14.9 Å². The fourth-order valence-electron chi connectivity index (χ4n) is 1.49. The monoisotopic (exact) mass is 276 g/mol. The number of benzene rings is 1. The molecule has 0 fully saturated rings. The maximum Gasteiger partial charge on any atom is 0.274 e. The van der Waals surface area contributed by atoms with Gasteiger partial charge in [0.1, 0.15) is 4.99 Å². The van der Waals surface area contributed by atoms with Gasteiger partial charge in [0.25, 0.3) is 11.2 Å². The number of thiocarbonyl (C=S) groups is 1. The molecule has 0 unspecified atom stereocenters. The largest absolute Gasteiger partial charge is 0.389 e. The molecule has 1 aromatic carbocycles. The lowest BCUT2D eigenvalue weighted by molar-refractivity contribution is -0.384. The molecule has 1 aromatic heterocycles. The van der Waals surface area contributed by atoms with Gasteiger partial charge >= 0.3 is 0 Å². The average molecular weight is 276 g/mol. The van der Waals surface area contributed by atoms with Crippen LogP contribution in [0.15, 0.2) is 35.1 Å². The summed E-state index contributed by atoms with van der Waals surface area (Å²) < 4.78 is 0. The summed E-state index contributed by atoms with van der Waals surface area (Å²) in [5.74, 6) is 0. The summed E-state index contributed by atoms with van der Waals surface area (Å²) in [5, 5.41) is 16.7. The summed E-state index contributed by atoms with van der Waals surface area (Å²) in [6, 6.07) is 7.21. The number of aromatic amines is 1. The van der Waals surface area contributed by atoms with E-state index in [-0.39, 0.29) is 16.2 Å². The minimum Gasteiger partial charge on any atom is -0.389 e. The Morgan fingerprint density at radius 2 is 2.00 bits per heavy atom. The molecule has 0 atom stereocenters. The highest BCUT2D eigenvalue weighted by Gasteiger charge is 2.09. The number of nitrogens with zero attached hydrogens (tertiary/aromatic N) is 2. The Labute approximate surface area is 112 Å². The van der Waals surface area contributed by atoms with Gasteiger partial charge in [0.2, 0.25) is 0 Å². The SMILES string of the molecule is NC(=S)c1cc(-c2ccc([N+](=O)[O-])cc2)n[nH]c1=O. The van der Waals surface area contributed by atoms with Crippen molar-refractivity contribution in [2.24, 2.45) is 5.73 Å². The Kier molecular flexibility index (Phi) is 3.34. The Morgan fingerprint density at radius 3 is 2.53 bits per heavy atom. The maximum absolute atomic E-state index is 11.4. The summed E-state index contributed by atoms with van der Waals surface area (Å²) in [4.78, 5) is 21.4. The molecule has 8 heteroatoms. The van der Waals surface area contributed by atoms with Gasteiger partial charge in [0, 0.05) is 17.7 Å². The lowest BCUT2D eigenvalue weighted by Crippen LogP contribution is -2.23. The summed E-state index contributed by atoms with van der Waals surface area (Å²) in [6.07, 6.45) is 0. The van der Waals surface area contributed by atoms with Crippen LogP contribution in [0.5, 0.6) is 0 Å². The second-order valence-corrected chi connectivity index (χ2v) is 4.10. The Bertz CT molecular complexity index is 709. The molecule has 2 aromatic rings. The van der Waals surface area contributed by atoms with E-state index in [1.54, 1.807) is 0 Å². The molecule has 0 bridgehead atoms. The molecule has 1 heterocycles. The topological polar surface area (TPSA) is 115 Å². The van der Waals surface area contributed by atoms with Crippen molar-refractivity contribution in [1.29, 1.82) is 0 Å². The van der Waals surface area contributed by atoms with Gasteiger partial charge in [-0.05, 0) is 18.2 Å². The molecule has 0 saturated carbocycles. The van der Waals surface area contributed by atoms with Crippen LogP contribution in [0.25, 0.3) is 11.3 Å². The first kappa shape index (κ1) is 12.8. The van der Waals surface area contributed by atoms with Crippen molar-refractivity contribution in [3.63, 3.8) is 0 Å².